The molecule has 1 saturated carbocycles. The second kappa shape index (κ2) is 5.84. The molecule has 19 heavy (non-hydrogen) atoms. The Morgan fingerprint density at radius 3 is 2.74 bits per heavy atom. The molecule has 1 aromatic carbocycles. The van der Waals surface area contributed by atoms with Gasteiger partial charge in [0, 0.05) is 24.3 Å². The van der Waals surface area contributed by atoms with Crippen molar-refractivity contribution < 1.29 is 9.59 Å². The lowest BCUT2D eigenvalue weighted by atomic mass is 10.0. The number of anilines is 1. The van der Waals surface area contributed by atoms with Gasteiger partial charge in [-0.2, -0.15) is 0 Å². The molecule has 0 saturated heterocycles. The van der Waals surface area contributed by atoms with Crippen LogP contribution in [0.1, 0.15) is 29.6 Å². The topological polar surface area (TPSA) is 84.2 Å². The minimum absolute atomic E-state index is 0.0536. The summed E-state index contributed by atoms with van der Waals surface area (Å²) in [5.41, 5.74) is 7.06. The van der Waals surface area contributed by atoms with E-state index >= 15 is 0 Å². The fraction of sp³-hybridized carbons (Fsp3) is 0.429. The van der Waals surface area contributed by atoms with Crippen molar-refractivity contribution in [1.82, 2.24) is 5.32 Å². The molecule has 5 heteroatoms. The zero-order chi connectivity index (χ0) is 13.8. The molecular formula is C14H19N3O2. The normalized spacial score (nSPS) is 22.0. The summed E-state index contributed by atoms with van der Waals surface area (Å²) >= 11 is 0. The van der Waals surface area contributed by atoms with Crippen LogP contribution in [0.3, 0.4) is 0 Å². The van der Waals surface area contributed by atoms with Crippen LogP contribution >= 0.6 is 0 Å². The van der Waals surface area contributed by atoms with Crippen molar-refractivity contribution in [2.45, 2.75) is 25.3 Å². The van der Waals surface area contributed by atoms with Crippen LogP contribution < -0.4 is 16.4 Å². The summed E-state index contributed by atoms with van der Waals surface area (Å²) in [6, 6.07) is 6.83. The maximum absolute atomic E-state index is 12.1. The maximum Gasteiger partial charge on any atom is 0.251 e. The van der Waals surface area contributed by atoms with Crippen LogP contribution in [0, 0.1) is 5.92 Å². The predicted octanol–water partition coefficient (Wildman–Crippen LogP) is 1.11. The molecule has 1 aliphatic rings. The maximum atomic E-state index is 12.1. The van der Waals surface area contributed by atoms with Gasteiger partial charge in [0.15, 0.2) is 0 Å². The Balaban J connectivity index is 2.06. The SMILES string of the molecule is CNC(=O)c1cccc(NC(=O)C2CCCC2N)c1. The van der Waals surface area contributed by atoms with E-state index in [0.29, 0.717) is 11.3 Å². The number of hydrogen-bond donors (Lipinski definition) is 3. The number of carbonyl (C=O) groups is 2. The number of carbonyl (C=O) groups excluding carboxylic acids is 2. The summed E-state index contributed by atoms with van der Waals surface area (Å²) in [7, 11) is 1.57. The number of nitrogens with one attached hydrogen (secondary N) is 2. The minimum atomic E-state index is -0.173. The lowest BCUT2D eigenvalue weighted by Gasteiger charge is -2.15. The molecule has 1 aromatic rings. The Morgan fingerprint density at radius 2 is 2.11 bits per heavy atom. The van der Waals surface area contributed by atoms with Crippen molar-refractivity contribution >= 4 is 17.5 Å². The van der Waals surface area contributed by atoms with Crippen LogP contribution in [0.15, 0.2) is 24.3 Å². The molecule has 5 nitrogen and oxygen atoms in total. The third-order valence-corrected chi connectivity index (χ3v) is 3.53. The third kappa shape index (κ3) is 3.12. The minimum Gasteiger partial charge on any atom is -0.355 e. The van der Waals surface area contributed by atoms with Crippen LogP contribution in [-0.2, 0) is 4.79 Å². The molecule has 0 bridgehead atoms. The van der Waals surface area contributed by atoms with E-state index in [0.717, 1.165) is 19.3 Å². The summed E-state index contributed by atoms with van der Waals surface area (Å²) in [5, 5.41) is 5.39. The molecule has 2 atom stereocenters. The fourth-order valence-electron chi connectivity index (χ4n) is 2.43. The van der Waals surface area contributed by atoms with Crippen molar-refractivity contribution in [1.29, 1.82) is 0 Å². The van der Waals surface area contributed by atoms with Crippen molar-refractivity contribution in [3.63, 3.8) is 0 Å². The molecule has 2 unspecified atom stereocenters. The lowest BCUT2D eigenvalue weighted by Crippen LogP contribution is -2.34. The van der Waals surface area contributed by atoms with Crippen molar-refractivity contribution in [3.05, 3.63) is 29.8 Å². The number of rotatable bonds is 3. The molecule has 0 heterocycles. The Morgan fingerprint density at radius 1 is 1.32 bits per heavy atom. The van der Waals surface area contributed by atoms with Gasteiger partial charge in [0.05, 0.1) is 5.92 Å². The first-order valence-corrected chi connectivity index (χ1v) is 6.50. The van der Waals surface area contributed by atoms with Gasteiger partial charge in [0.2, 0.25) is 5.91 Å². The van der Waals surface area contributed by atoms with Gasteiger partial charge in [-0.25, -0.2) is 0 Å². The summed E-state index contributed by atoms with van der Waals surface area (Å²) < 4.78 is 0. The Hall–Kier alpha value is -1.88. The smallest absolute Gasteiger partial charge is 0.251 e. The van der Waals surface area contributed by atoms with Gasteiger partial charge < -0.3 is 16.4 Å². The Kier molecular flexibility index (Phi) is 4.16. The second-order valence-electron chi connectivity index (χ2n) is 4.85. The number of hydrogen-bond acceptors (Lipinski definition) is 3. The van der Waals surface area contributed by atoms with E-state index in [1.165, 1.54) is 0 Å². The average molecular weight is 261 g/mol. The molecule has 0 aromatic heterocycles. The molecule has 2 amide bonds. The zero-order valence-electron chi connectivity index (χ0n) is 11.0. The Bertz CT molecular complexity index is 487. The summed E-state index contributed by atoms with van der Waals surface area (Å²) in [6.07, 6.45) is 2.73. The molecule has 1 aliphatic carbocycles. The second-order valence-corrected chi connectivity index (χ2v) is 4.85. The molecule has 1 fully saturated rings. The molecule has 102 valence electrons. The van der Waals surface area contributed by atoms with Gasteiger partial charge in [-0.3, -0.25) is 9.59 Å². The van der Waals surface area contributed by atoms with E-state index in [1.807, 2.05) is 0 Å². The van der Waals surface area contributed by atoms with E-state index in [-0.39, 0.29) is 23.8 Å². The van der Waals surface area contributed by atoms with Gasteiger partial charge in [0.25, 0.3) is 5.91 Å². The number of nitrogens with two attached hydrogens (primary N) is 1. The van der Waals surface area contributed by atoms with Crippen molar-refractivity contribution in [3.8, 4) is 0 Å². The zero-order valence-corrected chi connectivity index (χ0v) is 11.0. The first-order valence-electron chi connectivity index (χ1n) is 6.50. The molecule has 2 rings (SSSR count). The van der Waals surface area contributed by atoms with Crippen LogP contribution in [0.25, 0.3) is 0 Å². The molecular weight excluding hydrogens is 242 g/mol. The average Bonchev–Trinajstić information content (AvgIpc) is 2.84. The van der Waals surface area contributed by atoms with Gasteiger partial charge in [-0.05, 0) is 31.0 Å². The van der Waals surface area contributed by atoms with E-state index in [1.54, 1.807) is 31.3 Å². The fourth-order valence-corrected chi connectivity index (χ4v) is 2.43. The van der Waals surface area contributed by atoms with E-state index < -0.39 is 0 Å². The first-order chi connectivity index (χ1) is 9.11. The standard InChI is InChI=1S/C14H19N3O2/c1-16-13(18)9-4-2-5-10(8-9)17-14(19)11-6-3-7-12(11)15/h2,4-5,8,11-12H,3,6-7,15H2,1H3,(H,16,18)(H,17,19). The molecule has 4 N–H and O–H groups in total. The lowest BCUT2D eigenvalue weighted by molar-refractivity contribution is -0.120. The third-order valence-electron chi connectivity index (χ3n) is 3.53. The number of benzene rings is 1. The van der Waals surface area contributed by atoms with Crippen molar-refractivity contribution in [2.75, 3.05) is 12.4 Å². The van der Waals surface area contributed by atoms with Gasteiger partial charge >= 0.3 is 0 Å². The van der Waals surface area contributed by atoms with E-state index in [4.69, 9.17) is 5.73 Å². The molecule has 0 aliphatic heterocycles. The highest BCUT2D eigenvalue weighted by atomic mass is 16.2. The van der Waals surface area contributed by atoms with E-state index in [2.05, 4.69) is 10.6 Å². The summed E-state index contributed by atoms with van der Waals surface area (Å²) in [4.78, 5) is 23.6. The monoisotopic (exact) mass is 261 g/mol. The van der Waals surface area contributed by atoms with Crippen LogP contribution in [-0.4, -0.2) is 24.9 Å². The quantitative estimate of drug-likeness (QED) is 0.762. The summed E-state index contributed by atoms with van der Waals surface area (Å²) in [6.45, 7) is 0. The van der Waals surface area contributed by atoms with Crippen LogP contribution in [0.4, 0.5) is 5.69 Å². The molecule has 0 spiro atoms. The highest BCUT2D eigenvalue weighted by molar-refractivity contribution is 5.97. The van der Waals surface area contributed by atoms with Crippen molar-refractivity contribution in [2.24, 2.45) is 11.7 Å². The first kappa shape index (κ1) is 13.5. The Labute approximate surface area is 112 Å². The highest BCUT2D eigenvalue weighted by Crippen LogP contribution is 2.25. The molecule has 0 radical (unpaired) electrons. The van der Waals surface area contributed by atoms with Gasteiger partial charge in [-0.15, -0.1) is 0 Å². The van der Waals surface area contributed by atoms with Gasteiger partial charge in [-0.1, -0.05) is 12.5 Å². The largest absolute Gasteiger partial charge is 0.355 e. The predicted molar refractivity (Wildman–Crippen MR) is 73.8 cm³/mol. The number of amides is 2. The van der Waals surface area contributed by atoms with Crippen LogP contribution in [0.2, 0.25) is 0 Å². The summed E-state index contributed by atoms with van der Waals surface area (Å²) in [5.74, 6) is -0.351. The van der Waals surface area contributed by atoms with Gasteiger partial charge in [0.1, 0.15) is 0 Å². The van der Waals surface area contributed by atoms with E-state index in [9.17, 15) is 9.59 Å². The van der Waals surface area contributed by atoms with Crippen LogP contribution in [0.5, 0.6) is 0 Å². The highest BCUT2D eigenvalue weighted by Gasteiger charge is 2.30.